The van der Waals surface area contributed by atoms with E-state index < -0.39 is 35.3 Å². The van der Waals surface area contributed by atoms with Crippen molar-refractivity contribution in [3.8, 4) is 0 Å². The van der Waals surface area contributed by atoms with E-state index in [1.165, 1.54) is 16.7 Å². The molecule has 3 N–H and O–H groups in total. The summed E-state index contributed by atoms with van der Waals surface area (Å²) in [5.41, 5.74) is 2.04. The van der Waals surface area contributed by atoms with Crippen LogP contribution in [0.25, 0.3) is 0 Å². The molecule has 2 aromatic rings. The standard InChI is InChI=1S/C22H20N2O5S/c25-18(14-9-5-2-6-10-14)19(26)23-16-20(27)24-17(22(28)29)15(12-30-21(16)24)11-13-7-3-1-4-8-13/h1-10,16,18,21,25H,11-12H2,(H,23,26)(H,28,29)/t16-,18-,21?/m1/s1. The topological polar surface area (TPSA) is 107 Å². The Morgan fingerprint density at radius 1 is 1.10 bits per heavy atom. The summed E-state index contributed by atoms with van der Waals surface area (Å²) in [6.45, 7) is 0. The number of thioether (sulfide) groups is 1. The van der Waals surface area contributed by atoms with Crippen molar-refractivity contribution < 1.29 is 24.6 Å². The summed E-state index contributed by atoms with van der Waals surface area (Å²) in [4.78, 5) is 38.3. The van der Waals surface area contributed by atoms with Crippen molar-refractivity contribution in [3.63, 3.8) is 0 Å². The van der Waals surface area contributed by atoms with E-state index in [1.54, 1.807) is 30.3 Å². The minimum absolute atomic E-state index is 0.0123. The molecule has 2 amide bonds. The number of aliphatic hydroxyl groups is 1. The summed E-state index contributed by atoms with van der Waals surface area (Å²) in [5, 5.41) is 22.0. The molecule has 4 rings (SSSR count). The summed E-state index contributed by atoms with van der Waals surface area (Å²) < 4.78 is 0. The van der Waals surface area contributed by atoms with Crippen molar-refractivity contribution in [2.75, 3.05) is 5.75 Å². The Morgan fingerprint density at radius 2 is 1.73 bits per heavy atom. The average molecular weight is 424 g/mol. The second kappa shape index (κ2) is 8.33. The Labute approximate surface area is 177 Å². The van der Waals surface area contributed by atoms with E-state index in [9.17, 15) is 24.6 Å². The highest BCUT2D eigenvalue weighted by atomic mass is 32.2. The van der Waals surface area contributed by atoms with Crippen LogP contribution in [0.15, 0.2) is 71.9 Å². The number of carboxylic acids is 1. The molecule has 0 radical (unpaired) electrons. The van der Waals surface area contributed by atoms with E-state index in [0.717, 1.165) is 5.56 Å². The molecular formula is C22H20N2O5S. The molecule has 7 nitrogen and oxygen atoms in total. The molecule has 0 spiro atoms. The lowest BCUT2D eigenvalue weighted by atomic mass is 9.98. The zero-order chi connectivity index (χ0) is 21.3. The van der Waals surface area contributed by atoms with Gasteiger partial charge in [-0.1, -0.05) is 60.7 Å². The molecule has 8 heteroatoms. The molecule has 0 aliphatic carbocycles. The lowest BCUT2D eigenvalue weighted by molar-refractivity contribution is -0.151. The number of carboxylic acid groups (broad SMARTS) is 1. The third kappa shape index (κ3) is 3.71. The first-order valence-electron chi connectivity index (χ1n) is 9.44. The first-order valence-corrected chi connectivity index (χ1v) is 10.5. The molecule has 2 aliphatic rings. The summed E-state index contributed by atoms with van der Waals surface area (Å²) in [6.07, 6.45) is -0.958. The number of hydrogen-bond acceptors (Lipinski definition) is 5. The Bertz CT molecular complexity index is 1010. The number of β-lactam (4-membered cyclic amide) rings is 1. The first-order chi connectivity index (χ1) is 14.5. The van der Waals surface area contributed by atoms with Crippen molar-refractivity contribution in [3.05, 3.63) is 83.1 Å². The van der Waals surface area contributed by atoms with Crippen LogP contribution in [0.3, 0.4) is 0 Å². The maximum atomic E-state index is 12.7. The van der Waals surface area contributed by atoms with Gasteiger partial charge < -0.3 is 15.5 Å². The van der Waals surface area contributed by atoms with Crippen LogP contribution < -0.4 is 5.32 Å². The Kier molecular flexibility index (Phi) is 5.61. The van der Waals surface area contributed by atoms with Gasteiger partial charge in [0.1, 0.15) is 17.1 Å². The fraction of sp³-hybridized carbons (Fsp3) is 0.227. The number of carbonyl (C=O) groups is 3. The van der Waals surface area contributed by atoms with E-state index in [2.05, 4.69) is 5.32 Å². The predicted octanol–water partition coefficient (Wildman–Crippen LogP) is 1.70. The molecule has 30 heavy (non-hydrogen) atoms. The zero-order valence-electron chi connectivity index (χ0n) is 15.9. The van der Waals surface area contributed by atoms with Crippen LogP contribution in [0.2, 0.25) is 0 Å². The SMILES string of the molecule is O=C(O)C1=C(Cc2ccccc2)CSC2[C@H](NC(=O)[C@H](O)c3ccccc3)C(=O)N12. The molecule has 154 valence electrons. The number of nitrogens with one attached hydrogen (secondary N) is 1. The van der Waals surface area contributed by atoms with Crippen molar-refractivity contribution in [2.45, 2.75) is 23.9 Å². The number of amides is 2. The van der Waals surface area contributed by atoms with Gasteiger partial charge in [-0.25, -0.2) is 4.79 Å². The van der Waals surface area contributed by atoms with Crippen molar-refractivity contribution in [1.82, 2.24) is 10.2 Å². The quantitative estimate of drug-likeness (QED) is 0.610. The van der Waals surface area contributed by atoms with Crippen molar-refractivity contribution >= 4 is 29.5 Å². The highest BCUT2D eigenvalue weighted by Gasteiger charge is 2.54. The van der Waals surface area contributed by atoms with Crippen LogP contribution in [0.4, 0.5) is 0 Å². The van der Waals surface area contributed by atoms with Crippen LogP contribution in [0.5, 0.6) is 0 Å². The maximum Gasteiger partial charge on any atom is 0.352 e. The smallest absolute Gasteiger partial charge is 0.352 e. The molecule has 2 aromatic carbocycles. The second-order valence-electron chi connectivity index (χ2n) is 7.13. The fourth-order valence-electron chi connectivity index (χ4n) is 3.68. The number of aliphatic hydroxyl groups excluding tert-OH is 1. The van der Waals surface area contributed by atoms with Gasteiger partial charge in [0.15, 0.2) is 6.10 Å². The lowest BCUT2D eigenvalue weighted by Crippen LogP contribution is -2.70. The number of fused-ring (bicyclic) bond motifs is 1. The van der Waals surface area contributed by atoms with Gasteiger partial charge in [0.25, 0.3) is 11.8 Å². The van der Waals surface area contributed by atoms with Gasteiger partial charge >= 0.3 is 5.97 Å². The molecule has 0 saturated carbocycles. The van der Waals surface area contributed by atoms with Crippen molar-refractivity contribution in [2.24, 2.45) is 0 Å². The highest BCUT2D eigenvalue weighted by molar-refractivity contribution is 8.00. The largest absolute Gasteiger partial charge is 0.477 e. The van der Waals surface area contributed by atoms with E-state index >= 15 is 0 Å². The number of carbonyl (C=O) groups excluding carboxylic acids is 2. The minimum atomic E-state index is -1.40. The van der Waals surface area contributed by atoms with E-state index in [4.69, 9.17) is 0 Å². The van der Waals surface area contributed by atoms with Gasteiger partial charge in [0.2, 0.25) is 0 Å². The molecule has 0 aromatic heterocycles. The summed E-state index contributed by atoms with van der Waals surface area (Å²) in [5.74, 6) is -1.88. The summed E-state index contributed by atoms with van der Waals surface area (Å²) in [7, 11) is 0. The highest BCUT2D eigenvalue weighted by Crippen LogP contribution is 2.41. The molecule has 2 aliphatic heterocycles. The van der Waals surface area contributed by atoms with Crippen LogP contribution in [-0.4, -0.2) is 50.1 Å². The number of hydrogen-bond donors (Lipinski definition) is 3. The molecule has 3 atom stereocenters. The number of nitrogens with zero attached hydrogens (tertiary/aromatic N) is 1. The van der Waals surface area contributed by atoms with Crippen LogP contribution in [0, 0.1) is 0 Å². The van der Waals surface area contributed by atoms with Gasteiger partial charge in [0, 0.05) is 5.75 Å². The maximum absolute atomic E-state index is 12.7. The van der Waals surface area contributed by atoms with Gasteiger partial charge in [-0.3, -0.25) is 14.5 Å². The normalized spacial score (nSPS) is 21.5. The Hall–Kier alpha value is -3.10. The Balaban J connectivity index is 1.50. The number of aliphatic carboxylic acids is 1. The predicted molar refractivity (Wildman–Crippen MR) is 111 cm³/mol. The summed E-state index contributed by atoms with van der Waals surface area (Å²) >= 11 is 1.41. The van der Waals surface area contributed by atoms with E-state index in [-0.39, 0.29) is 5.70 Å². The lowest BCUT2D eigenvalue weighted by Gasteiger charge is -2.49. The molecular weight excluding hydrogens is 404 g/mol. The van der Waals surface area contributed by atoms with E-state index in [0.29, 0.717) is 23.3 Å². The average Bonchev–Trinajstić information content (AvgIpc) is 2.77. The molecule has 2 heterocycles. The zero-order valence-corrected chi connectivity index (χ0v) is 16.7. The summed E-state index contributed by atoms with van der Waals surface area (Å²) in [6, 6.07) is 17.0. The molecule has 1 fully saturated rings. The third-order valence-electron chi connectivity index (χ3n) is 5.17. The van der Waals surface area contributed by atoms with Crippen molar-refractivity contribution in [1.29, 1.82) is 0 Å². The first kappa shape index (κ1) is 20.2. The monoisotopic (exact) mass is 424 g/mol. The number of benzene rings is 2. The third-order valence-corrected chi connectivity index (χ3v) is 6.51. The Morgan fingerprint density at radius 3 is 2.37 bits per heavy atom. The van der Waals surface area contributed by atoms with Gasteiger partial charge in [0.05, 0.1) is 0 Å². The van der Waals surface area contributed by atoms with Crippen LogP contribution in [-0.2, 0) is 20.8 Å². The van der Waals surface area contributed by atoms with E-state index in [1.807, 2.05) is 30.3 Å². The van der Waals surface area contributed by atoms with Gasteiger partial charge in [-0.15, -0.1) is 11.8 Å². The fourth-order valence-corrected chi connectivity index (χ4v) is 5.03. The molecule has 0 bridgehead atoms. The minimum Gasteiger partial charge on any atom is -0.477 e. The van der Waals surface area contributed by atoms with Gasteiger partial charge in [-0.05, 0) is 23.1 Å². The van der Waals surface area contributed by atoms with Gasteiger partial charge in [-0.2, -0.15) is 0 Å². The molecule has 1 saturated heterocycles. The molecule has 1 unspecified atom stereocenters. The second-order valence-corrected chi connectivity index (χ2v) is 8.23. The van der Waals surface area contributed by atoms with Crippen LogP contribution in [0.1, 0.15) is 17.2 Å². The van der Waals surface area contributed by atoms with Crippen LogP contribution >= 0.6 is 11.8 Å². The number of rotatable bonds is 6.